The van der Waals surface area contributed by atoms with Crippen molar-refractivity contribution >= 4 is 23.0 Å². The van der Waals surface area contributed by atoms with Crippen molar-refractivity contribution < 1.29 is 28.2 Å². The Morgan fingerprint density at radius 1 is 1.05 bits per heavy atom. The fourth-order valence-corrected chi connectivity index (χ4v) is 3.96. The number of carboxylic acids is 1. The largest absolute Gasteiger partial charge is 0.480 e. The van der Waals surface area contributed by atoms with Crippen LogP contribution < -0.4 is 10.1 Å². The quantitative estimate of drug-likeness (QED) is 0.314. The number of aliphatic carboxylic acids is 1. The molecule has 37 heavy (non-hydrogen) atoms. The van der Waals surface area contributed by atoms with E-state index in [-0.39, 0.29) is 25.0 Å². The van der Waals surface area contributed by atoms with Crippen LogP contribution in [-0.4, -0.2) is 43.7 Å². The maximum atomic E-state index is 13.1. The summed E-state index contributed by atoms with van der Waals surface area (Å²) in [5.74, 6) is -0.872. The zero-order chi connectivity index (χ0) is 26.4. The molecule has 2 heterocycles. The van der Waals surface area contributed by atoms with Gasteiger partial charge in [-0.25, -0.2) is 14.8 Å². The first kappa shape index (κ1) is 25.7. The van der Waals surface area contributed by atoms with Gasteiger partial charge in [0.1, 0.15) is 23.1 Å². The number of pyridine rings is 1. The number of aryl methyl sites for hydroxylation is 1. The fraction of sp³-hybridized carbons (Fsp3) is 0.259. The average molecular weight is 509 g/mol. The van der Waals surface area contributed by atoms with Crippen LogP contribution >= 0.6 is 0 Å². The minimum atomic E-state index is -3.28. The number of aromatic nitrogens is 3. The van der Waals surface area contributed by atoms with E-state index in [4.69, 9.17) is 0 Å². The minimum absolute atomic E-state index is 0.0280. The Morgan fingerprint density at radius 3 is 2.46 bits per heavy atom. The van der Waals surface area contributed by atoms with Crippen molar-refractivity contribution in [2.24, 2.45) is 0 Å². The van der Waals surface area contributed by atoms with Gasteiger partial charge in [-0.3, -0.25) is 4.79 Å². The monoisotopic (exact) mass is 508 g/mol. The molecule has 0 fully saturated rings. The molecule has 8 nitrogen and oxygen atoms in total. The number of alkyl halides is 2. The summed E-state index contributed by atoms with van der Waals surface area (Å²) in [4.78, 5) is 33.4. The molecule has 1 atom stereocenters. The Morgan fingerprint density at radius 2 is 1.78 bits per heavy atom. The van der Waals surface area contributed by atoms with Crippen LogP contribution in [0.2, 0.25) is 0 Å². The van der Waals surface area contributed by atoms with Gasteiger partial charge in [-0.05, 0) is 35.4 Å². The van der Waals surface area contributed by atoms with Crippen molar-refractivity contribution in [1.82, 2.24) is 19.9 Å². The van der Waals surface area contributed by atoms with Crippen molar-refractivity contribution in [3.8, 4) is 5.75 Å². The summed E-state index contributed by atoms with van der Waals surface area (Å²) in [6.07, 6.45) is -1.18. The Kier molecular flexibility index (Phi) is 7.76. The van der Waals surface area contributed by atoms with Crippen LogP contribution in [0.3, 0.4) is 0 Å². The summed E-state index contributed by atoms with van der Waals surface area (Å²) in [7, 11) is 0. The van der Waals surface area contributed by atoms with Gasteiger partial charge >= 0.3 is 12.1 Å². The Labute approximate surface area is 211 Å². The number of halogens is 2. The number of nitrogens with zero attached hydrogens (tertiary/aromatic N) is 3. The van der Waals surface area contributed by atoms with Crippen molar-refractivity contribution in [2.45, 2.75) is 44.9 Å². The predicted octanol–water partition coefficient (Wildman–Crippen LogP) is 4.22. The SMILES string of the molecule is CC(F)(F)Oc1ccc(Cn2c(CCC(=O)N[C@@H](Cc3ccccc3)C(=O)O)nc3cccnc32)cc1. The van der Waals surface area contributed by atoms with E-state index >= 15 is 0 Å². The molecule has 2 aromatic heterocycles. The Hall–Kier alpha value is -4.34. The lowest BCUT2D eigenvalue weighted by molar-refractivity contribution is -0.159. The zero-order valence-corrected chi connectivity index (χ0v) is 20.1. The third kappa shape index (κ3) is 7.09. The zero-order valence-electron chi connectivity index (χ0n) is 20.1. The highest BCUT2D eigenvalue weighted by atomic mass is 19.3. The number of carbonyl (C=O) groups excluding carboxylic acids is 1. The van der Waals surface area contributed by atoms with Gasteiger partial charge in [0.05, 0.1) is 6.54 Å². The number of benzene rings is 2. The molecule has 0 radical (unpaired) electrons. The van der Waals surface area contributed by atoms with Crippen LogP contribution in [0, 0.1) is 0 Å². The molecular weight excluding hydrogens is 482 g/mol. The normalized spacial score (nSPS) is 12.3. The molecule has 4 rings (SSSR count). The number of amides is 1. The van der Waals surface area contributed by atoms with E-state index in [0.29, 0.717) is 30.5 Å². The second kappa shape index (κ2) is 11.2. The molecular formula is C27H26F2N4O4. The second-order valence-electron chi connectivity index (χ2n) is 8.66. The number of hydrogen-bond donors (Lipinski definition) is 2. The molecule has 0 aliphatic heterocycles. The van der Waals surface area contributed by atoms with Gasteiger partial charge in [-0.1, -0.05) is 42.5 Å². The first-order valence-corrected chi connectivity index (χ1v) is 11.7. The molecule has 0 aliphatic rings. The summed E-state index contributed by atoms with van der Waals surface area (Å²) in [6.45, 7) is 1.02. The lowest BCUT2D eigenvalue weighted by Gasteiger charge is -2.15. The van der Waals surface area contributed by atoms with Crippen molar-refractivity contribution in [3.63, 3.8) is 0 Å². The number of carboxylic acid groups (broad SMARTS) is 1. The number of imidazole rings is 1. The van der Waals surface area contributed by atoms with Crippen molar-refractivity contribution in [2.75, 3.05) is 0 Å². The molecule has 4 aromatic rings. The van der Waals surface area contributed by atoms with Gasteiger partial charge in [0, 0.05) is 32.4 Å². The first-order valence-electron chi connectivity index (χ1n) is 11.7. The van der Waals surface area contributed by atoms with Crippen LogP contribution in [0.25, 0.3) is 11.2 Å². The summed E-state index contributed by atoms with van der Waals surface area (Å²) < 4.78 is 32.7. The molecule has 0 bridgehead atoms. The van der Waals surface area contributed by atoms with Crippen LogP contribution in [0.1, 0.15) is 30.3 Å². The molecule has 0 saturated carbocycles. The lowest BCUT2D eigenvalue weighted by Crippen LogP contribution is -2.42. The van der Waals surface area contributed by atoms with E-state index in [1.165, 1.54) is 12.1 Å². The van der Waals surface area contributed by atoms with Gasteiger partial charge in [-0.2, -0.15) is 8.78 Å². The second-order valence-corrected chi connectivity index (χ2v) is 8.66. The van der Waals surface area contributed by atoms with Gasteiger partial charge in [0.2, 0.25) is 5.91 Å². The van der Waals surface area contributed by atoms with Crippen LogP contribution in [-0.2, 0) is 29.0 Å². The van der Waals surface area contributed by atoms with E-state index in [1.54, 1.807) is 24.4 Å². The maximum Gasteiger partial charge on any atom is 0.394 e. The number of carbonyl (C=O) groups is 2. The Balaban J connectivity index is 1.46. The van der Waals surface area contributed by atoms with Crippen molar-refractivity contribution in [1.29, 1.82) is 0 Å². The molecule has 0 saturated heterocycles. The average Bonchev–Trinajstić information content (AvgIpc) is 3.20. The molecule has 10 heteroatoms. The summed E-state index contributed by atoms with van der Waals surface area (Å²) in [5.41, 5.74) is 2.88. The summed E-state index contributed by atoms with van der Waals surface area (Å²) in [6, 6.07) is 17.9. The molecule has 0 spiro atoms. The standard InChI is InChI=1S/C27H26F2N4O4/c1-27(28,29)37-20-11-9-19(10-12-20)17-33-23(31-21-8-5-15-30-25(21)33)13-14-24(34)32-22(26(35)36)16-18-6-3-2-4-7-18/h2-12,15,22H,13-14,16-17H2,1H3,(H,32,34)(H,35,36)/t22-/m0/s1. The van der Waals surface area contributed by atoms with E-state index < -0.39 is 24.0 Å². The van der Waals surface area contributed by atoms with Crippen LogP contribution in [0.4, 0.5) is 8.78 Å². The molecule has 0 aliphatic carbocycles. The molecule has 0 unspecified atom stereocenters. The van der Waals surface area contributed by atoms with E-state index in [1.807, 2.05) is 41.0 Å². The predicted molar refractivity (Wildman–Crippen MR) is 132 cm³/mol. The van der Waals surface area contributed by atoms with Gasteiger partial charge in [0.15, 0.2) is 5.65 Å². The number of hydrogen-bond acceptors (Lipinski definition) is 5. The van der Waals surface area contributed by atoms with E-state index in [9.17, 15) is 23.5 Å². The number of fused-ring (bicyclic) bond motifs is 1. The maximum absolute atomic E-state index is 13.1. The topological polar surface area (TPSA) is 106 Å². The number of nitrogens with one attached hydrogen (secondary N) is 1. The third-order valence-electron chi connectivity index (χ3n) is 5.64. The summed E-state index contributed by atoms with van der Waals surface area (Å²) >= 11 is 0. The Bertz CT molecular complexity index is 1370. The minimum Gasteiger partial charge on any atom is -0.480 e. The van der Waals surface area contributed by atoms with Gasteiger partial charge in [0.25, 0.3) is 0 Å². The highest BCUT2D eigenvalue weighted by Crippen LogP contribution is 2.23. The highest BCUT2D eigenvalue weighted by Gasteiger charge is 2.23. The van der Waals surface area contributed by atoms with E-state index in [2.05, 4.69) is 20.0 Å². The van der Waals surface area contributed by atoms with Gasteiger partial charge < -0.3 is 19.7 Å². The number of rotatable bonds is 11. The number of ether oxygens (including phenoxy) is 1. The molecule has 192 valence electrons. The lowest BCUT2D eigenvalue weighted by atomic mass is 10.1. The third-order valence-corrected chi connectivity index (χ3v) is 5.64. The van der Waals surface area contributed by atoms with Crippen molar-refractivity contribution in [3.05, 3.63) is 89.9 Å². The first-order chi connectivity index (χ1) is 17.7. The van der Waals surface area contributed by atoms with Crippen LogP contribution in [0.5, 0.6) is 5.75 Å². The summed E-state index contributed by atoms with van der Waals surface area (Å²) in [5, 5.41) is 12.2. The highest BCUT2D eigenvalue weighted by molar-refractivity contribution is 5.84. The van der Waals surface area contributed by atoms with E-state index in [0.717, 1.165) is 11.1 Å². The van der Waals surface area contributed by atoms with Crippen LogP contribution in [0.15, 0.2) is 72.9 Å². The fourth-order valence-electron chi connectivity index (χ4n) is 3.96. The van der Waals surface area contributed by atoms with Gasteiger partial charge in [-0.15, -0.1) is 0 Å². The molecule has 2 N–H and O–H groups in total. The molecule has 1 amide bonds. The molecule has 2 aromatic carbocycles. The smallest absolute Gasteiger partial charge is 0.394 e.